The van der Waals surface area contributed by atoms with E-state index in [0.717, 1.165) is 16.5 Å². The van der Waals surface area contributed by atoms with Crippen molar-refractivity contribution in [1.29, 1.82) is 0 Å². The molecule has 0 saturated carbocycles. The van der Waals surface area contributed by atoms with Gasteiger partial charge >= 0.3 is 0 Å². The van der Waals surface area contributed by atoms with Gasteiger partial charge in [0, 0.05) is 12.0 Å². The molecule has 0 spiro atoms. The Morgan fingerprint density at radius 2 is 1.94 bits per heavy atom. The van der Waals surface area contributed by atoms with Crippen LogP contribution in [0.1, 0.15) is 11.1 Å². The third-order valence-corrected chi connectivity index (χ3v) is 3.03. The molecule has 0 amide bonds. The minimum atomic E-state index is -3.44. The highest BCUT2D eigenvalue weighted by atomic mass is 32.2. The molecule has 1 rings (SSSR count). The Kier molecular flexibility index (Phi) is 4.67. The number of aliphatic hydroxyl groups excluding tert-OH is 1. The van der Waals surface area contributed by atoms with Crippen LogP contribution in [-0.2, 0) is 10.0 Å². The van der Waals surface area contributed by atoms with Crippen LogP contribution in [0.3, 0.4) is 0 Å². The summed E-state index contributed by atoms with van der Waals surface area (Å²) >= 11 is 0. The van der Waals surface area contributed by atoms with E-state index >= 15 is 0 Å². The Morgan fingerprint density at radius 3 is 2.50 bits per heavy atom. The molecule has 16 heavy (non-hydrogen) atoms. The first-order valence-electron chi connectivity index (χ1n) is 4.89. The summed E-state index contributed by atoms with van der Waals surface area (Å²) in [5, 5.41) is 9.58. The van der Waals surface area contributed by atoms with Crippen LogP contribution < -0.4 is 4.72 Å². The molecule has 1 aromatic carbocycles. The van der Waals surface area contributed by atoms with Crippen molar-refractivity contribution in [2.24, 2.45) is 0 Å². The SMILES string of the molecule is Cc1ccc(/C=C/S(=O)(=O)NCCO)cc1. The fourth-order valence-corrected chi connectivity index (χ4v) is 1.89. The fraction of sp³-hybridized carbons (Fsp3) is 0.273. The van der Waals surface area contributed by atoms with E-state index in [-0.39, 0.29) is 13.2 Å². The summed E-state index contributed by atoms with van der Waals surface area (Å²) in [4.78, 5) is 0. The Morgan fingerprint density at radius 1 is 1.31 bits per heavy atom. The van der Waals surface area contributed by atoms with Crippen LogP contribution in [0.15, 0.2) is 29.7 Å². The monoisotopic (exact) mass is 241 g/mol. The molecule has 0 radical (unpaired) electrons. The summed E-state index contributed by atoms with van der Waals surface area (Å²) in [5.74, 6) is 0. The topological polar surface area (TPSA) is 66.4 Å². The molecule has 0 fully saturated rings. The van der Waals surface area contributed by atoms with E-state index in [1.807, 2.05) is 31.2 Å². The van der Waals surface area contributed by atoms with Gasteiger partial charge in [-0.05, 0) is 18.6 Å². The van der Waals surface area contributed by atoms with Crippen molar-refractivity contribution in [2.45, 2.75) is 6.92 Å². The highest BCUT2D eigenvalue weighted by Crippen LogP contribution is 2.05. The second-order valence-corrected chi connectivity index (χ2v) is 5.03. The zero-order valence-electron chi connectivity index (χ0n) is 9.05. The molecule has 5 heteroatoms. The minimum absolute atomic E-state index is 0.0283. The predicted octanol–water partition coefficient (Wildman–Crippen LogP) is 0.877. The first-order chi connectivity index (χ1) is 7.53. The van der Waals surface area contributed by atoms with Crippen molar-refractivity contribution in [1.82, 2.24) is 4.72 Å². The highest BCUT2D eigenvalue weighted by molar-refractivity contribution is 7.92. The molecule has 2 N–H and O–H groups in total. The standard InChI is InChI=1S/C11H15NO3S/c1-10-2-4-11(5-3-10)6-9-16(14,15)12-7-8-13/h2-6,9,12-13H,7-8H2,1H3/b9-6+. The summed E-state index contributed by atoms with van der Waals surface area (Å²) in [6.45, 7) is 1.78. The molecule has 4 nitrogen and oxygen atoms in total. The normalized spacial score (nSPS) is 12.1. The molecule has 0 aliphatic carbocycles. The van der Waals surface area contributed by atoms with E-state index in [1.54, 1.807) is 0 Å². The van der Waals surface area contributed by atoms with Crippen LogP contribution in [0.5, 0.6) is 0 Å². The molecule has 1 aromatic rings. The van der Waals surface area contributed by atoms with Gasteiger partial charge < -0.3 is 5.11 Å². The molecular weight excluding hydrogens is 226 g/mol. The number of sulfonamides is 1. The lowest BCUT2D eigenvalue weighted by atomic mass is 10.2. The highest BCUT2D eigenvalue weighted by Gasteiger charge is 2.02. The Balaban J connectivity index is 2.69. The Bertz CT molecular complexity index is 449. The van der Waals surface area contributed by atoms with E-state index in [1.165, 1.54) is 6.08 Å². The fourth-order valence-electron chi connectivity index (χ4n) is 1.08. The maximum atomic E-state index is 11.3. The summed E-state index contributed by atoms with van der Waals surface area (Å²) in [6.07, 6.45) is 1.51. The second-order valence-electron chi connectivity index (χ2n) is 3.38. The number of aryl methyl sites for hydroxylation is 1. The van der Waals surface area contributed by atoms with Crippen LogP contribution in [-0.4, -0.2) is 26.7 Å². The smallest absolute Gasteiger partial charge is 0.233 e. The van der Waals surface area contributed by atoms with Gasteiger partial charge in [0.15, 0.2) is 0 Å². The van der Waals surface area contributed by atoms with Gasteiger partial charge in [-0.25, -0.2) is 13.1 Å². The number of hydrogen-bond acceptors (Lipinski definition) is 3. The van der Waals surface area contributed by atoms with Gasteiger partial charge in [-0.15, -0.1) is 0 Å². The average Bonchev–Trinajstić information content (AvgIpc) is 2.26. The van der Waals surface area contributed by atoms with Crippen LogP contribution >= 0.6 is 0 Å². The summed E-state index contributed by atoms with van der Waals surface area (Å²) in [6, 6.07) is 7.50. The molecule has 0 bridgehead atoms. The van der Waals surface area contributed by atoms with Crippen molar-refractivity contribution >= 4 is 16.1 Å². The van der Waals surface area contributed by atoms with Gasteiger partial charge in [-0.1, -0.05) is 29.8 Å². The lowest BCUT2D eigenvalue weighted by Crippen LogP contribution is -2.24. The van der Waals surface area contributed by atoms with Gasteiger partial charge in [0.25, 0.3) is 0 Å². The molecule has 0 aliphatic heterocycles. The number of aliphatic hydroxyl groups is 1. The molecular formula is C11H15NO3S. The van der Waals surface area contributed by atoms with E-state index < -0.39 is 10.0 Å². The van der Waals surface area contributed by atoms with Crippen LogP contribution in [0, 0.1) is 6.92 Å². The maximum absolute atomic E-state index is 11.3. The van der Waals surface area contributed by atoms with Gasteiger partial charge in [0.2, 0.25) is 10.0 Å². The number of rotatable bonds is 5. The number of benzene rings is 1. The zero-order valence-corrected chi connectivity index (χ0v) is 9.87. The second kappa shape index (κ2) is 5.79. The Labute approximate surface area is 95.7 Å². The first-order valence-corrected chi connectivity index (χ1v) is 6.43. The van der Waals surface area contributed by atoms with Crippen molar-refractivity contribution < 1.29 is 13.5 Å². The molecule has 0 atom stereocenters. The summed E-state index contributed by atoms with van der Waals surface area (Å²) in [5.41, 5.74) is 1.94. The van der Waals surface area contributed by atoms with E-state index in [0.29, 0.717) is 0 Å². The minimum Gasteiger partial charge on any atom is -0.395 e. The maximum Gasteiger partial charge on any atom is 0.233 e. The molecule has 0 aliphatic rings. The summed E-state index contributed by atoms with van der Waals surface area (Å²) < 4.78 is 24.9. The summed E-state index contributed by atoms with van der Waals surface area (Å²) in [7, 11) is -3.44. The van der Waals surface area contributed by atoms with Gasteiger partial charge in [0.05, 0.1) is 6.61 Å². The average molecular weight is 241 g/mol. The Hall–Kier alpha value is -1.17. The molecule has 0 saturated heterocycles. The number of hydrogen-bond donors (Lipinski definition) is 2. The van der Waals surface area contributed by atoms with Gasteiger partial charge in [-0.2, -0.15) is 0 Å². The van der Waals surface area contributed by atoms with E-state index in [9.17, 15) is 8.42 Å². The van der Waals surface area contributed by atoms with Gasteiger partial charge in [-0.3, -0.25) is 0 Å². The molecule has 0 heterocycles. The lowest BCUT2D eigenvalue weighted by Gasteiger charge is -1.99. The molecule has 0 unspecified atom stereocenters. The van der Waals surface area contributed by atoms with E-state index in [2.05, 4.69) is 4.72 Å². The number of nitrogens with one attached hydrogen (secondary N) is 1. The third-order valence-electron chi connectivity index (χ3n) is 1.93. The van der Waals surface area contributed by atoms with Gasteiger partial charge in [0.1, 0.15) is 0 Å². The van der Waals surface area contributed by atoms with Crippen molar-refractivity contribution in [3.8, 4) is 0 Å². The van der Waals surface area contributed by atoms with Crippen molar-refractivity contribution in [3.05, 3.63) is 40.8 Å². The van der Waals surface area contributed by atoms with Crippen molar-refractivity contribution in [3.63, 3.8) is 0 Å². The van der Waals surface area contributed by atoms with Crippen LogP contribution in [0.4, 0.5) is 0 Å². The predicted molar refractivity (Wildman–Crippen MR) is 64.2 cm³/mol. The van der Waals surface area contributed by atoms with E-state index in [4.69, 9.17) is 5.11 Å². The van der Waals surface area contributed by atoms with Crippen LogP contribution in [0.25, 0.3) is 6.08 Å². The first kappa shape index (κ1) is 12.9. The molecule has 88 valence electrons. The zero-order chi connectivity index (χ0) is 12.0. The quantitative estimate of drug-likeness (QED) is 0.804. The lowest BCUT2D eigenvalue weighted by molar-refractivity contribution is 0.301. The largest absolute Gasteiger partial charge is 0.395 e. The third kappa shape index (κ3) is 4.57. The molecule has 0 aromatic heterocycles. The van der Waals surface area contributed by atoms with Crippen molar-refractivity contribution in [2.75, 3.05) is 13.2 Å². The van der Waals surface area contributed by atoms with Crippen LogP contribution in [0.2, 0.25) is 0 Å².